The average molecular weight is 526 g/mol. The molecule has 202 valence electrons. The number of aliphatic carboxylic acids is 1. The van der Waals surface area contributed by atoms with E-state index in [9.17, 15) is 4.79 Å². The highest BCUT2D eigenvalue weighted by Gasteiger charge is 2.14. The maximum atomic E-state index is 11.1. The largest absolute Gasteiger partial charge is 0.489 e. The Bertz CT molecular complexity index is 1340. The van der Waals surface area contributed by atoms with Gasteiger partial charge in [0.25, 0.3) is 0 Å². The minimum atomic E-state index is -1.00. The first-order valence-corrected chi connectivity index (χ1v) is 13.2. The third-order valence-corrected chi connectivity index (χ3v) is 6.53. The average Bonchev–Trinajstić information content (AvgIpc) is 2.94. The fraction of sp³-hybridized carbons (Fsp3) is 0.303. The monoisotopic (exact) mass is 525 g/mol. The highest BCUT2D eigenvalue weighted by atomic mass is 16.5. The van der Waals surface area contributed by atoms with Crippen LogP contribution in [0.4, 0.5) is 0 Å². The molecule has 4 rings (SSSR count). The molecule has 0 radical (unpaired) electrons. The number of carboxylic acids is 1. The fourth-order valence-electron chi connectivity index (χ4n) is 4.19. The SMILES string of the molecule is Cc1ccc(C(=CCOc2ccc(OC(C)C(=O)O)c(C)c2)c2ccc(C#CCN3CCOCC3)cc2)cc1. The third kappa shape index (κ3) is 8.22. The van der Waals surface area contributed by atoms with E-state index in [1.165, 1.54) is 12.5 Å². The van der Waals surface area contributed by atoms with Crippen molar-refractivity contribution < 1.29 is 24.1 Å². The van der Waals surface area contributed by atoms with Gasteiger partial charge in [0.15, 0.2) is 6.10 Å². The lowest BCUT2D eigenvalue weighted by Crippen LogP contribution is -2.36. The van der Waals surface area contributed by atoms with Crippen LogP contribution in [0.15, 0.2) is 72.8 Å². The minimum Gasteiger partial charge on any atom is -0.489 e. The van der Waals surface area contributed by atoms with E-state index < -0.39 is 12.1 Å². The van der Waals surface area contributed by atoms with Gasteiger partial charge in [-0.3, -0.25) is 4.90 Å². The molecule has 0 amide bonds. The van der Waals surface area contributed by atoms with Crippen molar-refractivity contribution in [1.82, 2.24) is 4.90 Å². The summed E-state index contributed by atoms with van der Waals surface area (Å²) in [5.41, 5.74) is 6.28. The van der Waals surface area contributed by atoms with Crippen LogP contribution in [0.25, 0.3) is 5.57 Å². The van der Waals surface area contributed by atoms with E-state index in [0.717, 1.165) is 60.7 Å². The number of nitrogens with zero attached hydrogens (tertiary/aromatic N) is 1. The lowest BCUT2D eigenvalue weighted by Gasteiger charge is -2.24. The first-order chi connectivity index (χ1) is 18.9. The Morgan fingerprint density at radius 3 is 2.33 bits per heavy atom. The Morgan fingerprint density at radius 2 is 1.69 bits per heavy atom. The number of hydrogen-bond donors (Lipinski definition) is 1. The quantitative estimate of drug-likeness (QED) is 0.380. The molecule has 0 aliphatic carbocycles. The predicted octanol–water partition coefficient (Wildman–Crippen LogP) is 5.35. The van der Waals surface area contributed by atoms with E-state index in [0.29, 0.717) is 18.1 Å². The summed E-state index contributed by atoms with van der Waals surface area (Å²) in [5, 5.41) is 9.09. The second-order valence-electron chi connectivity index (χ2n) is 9.59. The van der Waals surface area contributed by atoms with Crippen molar-refractivity contribution in [3.63, 3.8) is 0 Å². The zero-order chi connectivity index (χ0) is 27.6. The minimum absolute atomic E-state index is 0.371. The van der Waals surface area contributed by atoms with Gasteiger partial charge in [-0.25, -0.2) is 4.79 Å². The standard InChI is InChI=1S/C33H35NO5/c1-24-6-10-28(11-7-24)31(16-20-38-30-14-15-32(25(2)23-30)39-26(3)33(35)36)29-12-8-27(9-13-29)5-4-17-34-18-21-37-22-19-34/h6-16,23,26H,17-22H2,1-3H3,(H,35,36). The Kier molecular flexibility index (Phi) is 9.80. The Labute approximate surface area is 230 Å². The number of hydrogen-bond acceptors (Lipinski definition) is 5. The summed E-state index contributed by atoms with van der Waals surface area (Å²) in [7, 11) is 0. The molecule has 0 aromatic heterocycles. The molecule has 6 nitrogen and oxygen atoms in total. The van der Waals surface area contributed by atoms with Gasteiger partial charge in [-0.2, -0.15) is 0 Å². The summed E-state index contributed by atoms with van der Waals surface area (Å²) in [5.74, 6) is 6.77. The summed E-state index contributed by atoms with van der Waals surface area (Å²) >= 11 is 0. The van der Waals surface area contributed by atoms with Gasteiger partial charge in [-0.1, -0.05) is 53.8 Å². The van der Waals surface area contributed by atoms with Gasteiger partial charge in [0.1, 0.15) is 18.1 Å². The number of aryl methyl sites for hydroxylation is 2. The van der Waals surface area contributed by atoms with Gasteiger partial charge in [0.05, 0.1) is 19.8 Å². The number of benzene rings is 3. The molecule has 1 aliphatic rings. The normalized spacial score (nSPS) is 14.7. The van der Waals surface area contributed by atoms with Crippen molar-refractivity contribution in [2.45, 2.75) is 26.9 Å². The van der Waals surface area contributed by atoms with Crippen molar-refractivity contribution >= 4 is 11.5 Å². The molecule has 1 aliphatic heterocycles. The van der Waals surface area contributed by atoms with Crippen LogP contribution in [-0.4, -0.2) is 61.5 Å². The molecular weight excluding hydrogens is 490 g/mol. The molecule has 6 heteroatoms. The van der Waals surface area contributed by atoms with Crippen LogP contribution in [0.5, 0.6) is 11.5 Å². The lowest BCUT2D eigenvalue weighted by molar-refractivity contribution is -0.144. The summed E-state index contributed by atoms with van der Waals surface area (Å²) in [6.45, 7) is 10.00. The molecule has 3 aromatic carbocycles. The van der Waals surface area contributed by atoms with Crippen molar-refractivity contribution in [3.05, 3.63) is 101 Å². The number of rotatable bonds is 9. The van der Waals surface area contributed by atoms with Crippen molar-refractivity contribution in [3.8, 4) is 23.3 Å². The molecular formula is C33H35NO5. The smallest absolute Gasteiger partial charge is 0.344 e. The van der Waals surface area contributed by atoms with Crippen LogP contribution in [0, 0.1) is 25.7 Å². The van der Waals surface area contributed by atoms with Gasteiger partial charge in [0, 0.05) is 18.7 Å². The maximum Gasteiger partial charge on any atom is 0.344 e. The molecule has 1 atom stereocenters. The molecule has 1 fully saturated rings. The Balaban J connectivity index is 1.46. The molecule has 39 heavy (non-hydrogen) atoms. The van der Waals surface area contributed by atoms with E-state index in [4.69, 9.17) is 19.3 Å². The lowest BCUT2D eigenvalue weighted by atomic mass is 9.96. The second kappa shape index (κ2) is 13.7. The van der Waals surface area contributed by atoms with Crippen LogP contribution < -0.4 is 9.47 Å². The Morgan fingerprint density at radius 1 is 1.03 bits per heavy atom. The van der Waals surface area contributed by atoms with Gasteiger partial charge in [-0.05, 0) is 79.4 Å². The fourth-order valence-corrected chi connectivity index (χ4v) is 4.19. The number of carbonyl (C=O) groups is 1. The van der Waals surface area contributed by atoms with Crippen LogP contribution in [0.3, 0.4) is 0 Å². The summed E-state index contributed by atoms with van der Waals surface area (Å²) in [6.07, 6.45) is 1.16. The summed E-state index contributed by atoms with van der Waals surface area (Å²) in [4.78, 5) is 13.4. The van der Waals surface area contributed by atoms with Crippen molar-refractivity contribution in [2.75, 3.05) is 39.5 Å². The molecule has 1 heterocycles. The third-order valence-electron chi connectivity index (χ3n) is 6.53. The van der Waals surface area contributed by atoms with Gasteiger partial charge in [0.2, 0.25) is 0 Å². The van der Waals surface area contributed by atoms with Crippen LogP contribution in [0.2, 0.25) is 0 Å². The van der Waals surface area contributed by atoms with Gasteiger partial charge < -0.3 is 19.3 Å². The topological polar surface area (TPSA) is 68.2 Å². The zero-order valence-corrected chi connectivity index (χ0v) is 22.8. The second-order valence-corrected chi connectivity index (χ2v) is 9.59. The summed E-state index contributed by atoms with van der Waals surface area (Å²) in [6, 6.07) is 22.2. The molecule has 0 saturated carbocycles. The molecule has 1 unspecified atom stereocenters. The van der Waals surface area contributed by atoms with E-state index in [1.54, 1.807) is 12.1 Å². The number of morpholine rings is 1. The molecule has 1 saturated heterocycles. The number of ether oxygens (including phenoxy) is 3. The predicted molar refractivity (Wildman–Crippen MR) is 153 cm³/mol. The van der Waals surface area contributed by atoms with Crippen molar-refractivity contribution in [1.29, 1.82) is 0 Å². The highest BCUT2D eigenvalue weighted by Crippen LogP contribution is 2.27. The summed E-state index contributed by atoms with van der Waals surface area (Å²) < 4.78 is 17.0. The number of carboxylic acid groups (broad SMARTS) is 1. The van der Waals surface area contributed by atoms with Gasteiger partial charge in [-0.15, -0.1) is 0 Å². The molecule has 0 bridgehead atoms. The molecule has 3 aromatic rings. The first-order valence-electron chi connectivity index (χ1n) is 13.2. The van der Waals surface area contributed by atoms with E-state index in [1.807, 2.05) is 13.0 Å². The van der Waals surface area contributed by atoms with E-state index in [2.05, 4.69) is 78.3 Å². The van der Waals surface area contributed by atoms with Gasteiger partial charge >= 0.3 is 5.97 Å². The Hall–Kier alpha value is -4.05. The van der Waals surface area contributed by atoms with Crippen molar-refractivity contribution in [2.24, 2.45) is 0 Å². The van der Waals surface area contributed by atoms with Crippen LogP contribution >= 0.6 is 0 Å². The highest BCUT2D eigenvalue weighted by molar-refractivity contribution is 5.80. The van der Waals surface area contributed by atoms with E-state index >= 15 is 0 Å². The molecule has 1 N–H and O–H groups in total. The van der Waals surface area contributed by atoms with Crippen LogP contribution in [0.1, 0.15) is 34.7 Å². The zero-order valence-electron chi connectivity index (χ0n) is 22.8. The first kappa shape index (κ1) is 28.0. The van der Waals surface area contributed by atoms with Crippen LogP contribution in [-0.2, 0) is 9.53 Å². The molecule has 0 spiro atoms. The van der Waals surface area contributed by atoms with E-state index in [-0.39, 0.29) is 0 Å². The maximum absolute atomic E-state index is 11.1.